The van der Waals surface area contributed by atoms with Gasteiger partial charge in [-0.1, -0.05) is 6.07 Å². The number of methoxy groups -OCH3 is 2. The molecule has 3 heterocycles. The number of morpholine rings is 1. The summed E-state index contributed by atoms with van der Waals surface area (Å²) in [5.41, 5.74) is 4.81. The van der Waals surface area contributed by atoms with Crippen LogP contribution in [-0.2, 0) is 4.74 Å². The number of anilines is 3. The van der Waals surface area contributed by atoms with Crippen LogP contribution in [0.1, 0.15) is 0 Å². The summed E-state index contributed by atoms with van der Waals surface area (Å²) < 4.78 is 18.0. The van der Waals surface area contributed by atoms with Gasteiger partial charge in [-0.3, -0.25) is 0 Å². The van der Waals surface area contributed by atoms with Crippen molar-refractivity contribution in [3.8, 4) is 22.6 Å². The number of nitrogens with zero attached hydrogens (tertiary/aromatic N) is 4. The molecule has 8 nitrogen and oxygen atoms in total. The maximum atomic E-state index is 5.45. The Kier molecular flexibility index (Phi) is 5.51. The lowest BCUT2D eigenvalue weighted by atomic mass is 10.1. The molecule has 164 valence electrons. The molecule has 8 heteroatoms. The molecule has 1 saturated heterocycles. The highest BCUT2D eigenvalue weighted by atomic mass is 16.5. The molecular formula is C24H25N5O3. The molecule has 5 rings (SSSR count). The maximum Gasteiger partial charge on any atom is 0.165 e. The third-order valence-corrected chi connectivity index (χ3v) is 5.58. The van der Waals surface area contributed by atoms with E-state index in [1.54, 1.807) is 18.7 Å². The second-order valence-corrected chi connectivity index (χ2v) is 7.48. The van der Waals surface area contributed by atoms with Crippen molar-refractivity contribution >= 4 is 22.8 Å². The van der Waals surface area contributed by atoms with Crippen LogP contribution in [0.15, 0.2) is 60.9 Å². The normalized spacial score (nSPS) is 13.9. The highest BCUT2D eigenvalue weighted by Crippen LogP contribution is 2.34. The Morgan fingerprint density at radius 3 is 2.47 bits per heavy atom. The average molecular weight is 431 g/mol. The first kappa shape index (κ1) is 20.1. The van der Waals surface area contributed by atoms with Gasteiger partial charge in [-0.15, -0.1) is 0 Å². The molecule has 1 N–H and O–H groups in total. The van der Waals surface area contributed by atoms with Gasteiger partial charge in [-0.05, 0) is 48.0 Å². The molecule has 1 fully saturated rings. The van der Waals surface area contributed by atoms with E-state index in [1.165, 1.54) is 5.69 Å². The van der Waals surface area contributed by atoms with E-state index in [2.05, 4.69) is 39.6 Å². The van der Waals surface area contributed by atoms with Crippen molar-refractivity contribution < 1.29 is 14.2 Å². The van der Waals surface area contributed by atoms with Crippen LogP contribution in [0.3, 0.4) is 0 Å². The molecule has 0 saturated carbocycles. The summed E-state index contributed by atoms with van der Waals surface area (Å²) in [5.74, 6) is 2.10. The molecule has 0 unspecified atom stereocenters. The summed E-state index contributed by atoms with van der Waals surface area (Å²) in [6, 6.07) is 16.1. The van der Waals surface area contributed by atoms with Crippen LogP contribution in [0.4, 0.5) is 17.2 Å². The zero-order valence-corrected chi connectivity index (χ0v) is 18.1. The lowest BCUT2D eigenvalue weighted by Crippen LogP contribution is -2.36. The zero-order valence-electron chi connectivity index (χ0n) is 18.1. The second kappa shape index (κ2) is 8.76. The Hall–Kier alpha value is -3.78. The van der Waals surface area contributed by atoms with Crippen LogP contribution < -0.4 is 19.7 Å². The monoisotopic (exact) mass is 431 g/mol. The van der Waals surface area contributed by atoms with Gasteiger partial charge in [-0.2, -0.15) is 5.10 Å². The number of hydrogen-bond acceptors (Lipinski definition) is 7. The third kappa shape index (κ3) is 3.92. The van der Waals surface area contributed by atoms with Gasteiger partial charge in [0.25, 0.3) is 0 Å². The third-order valence-electron chi connectivity index (χ3n) is 5.58. The van der Waals surface area contributed by atoms with Crippen molar-refractivity contribution in [1.82, 2.24) is 14.6 Å². The lowest BCUT2D eigenvalue weighted by molar-refractivity contribution is 0.122. The molecule has 32 heavy (non-hydrogen) atoms. The number of nitrogens with one attached hydrogen (secondary N) is 1. The summed E-state index contributed by atoms with van der Waals surface area (Å²) in [6.45, 7) is 3.39. The van der Waals surface area contributed by atoms with E-state index in [9.17, 15) is 0 Å². The standard InChI is InChI=1S/C24H25N5O3/c1-30-21-8-3-17(15-22(21)31-2)20-16-25-29-10-9-23(27-24(20)29)26-18-4-6-19(7-5-18)28-11-13-32-14-12-28/h3-10,15-16H,11-14H2,1-2H3,(H,26,27). The van der Waals surface area contributed by atoms with Crippen molar-refractivity contribution in [2.45, 2.75) is 0 Å². The van der Waals surface area contributed by atoms with E-state index >= 15 is 0 Å². The number of ether oxygens (including phenoxy) is 3. The van der Waals surface area contributed by atoms with Gasteiger partial charge >= 0.3 is 0 Å². The highest BCUT2D eigenvalue weighted by Gasteiger charge is 2.13. The Morgan fingerprint density at radius 1 is 0.938 bits per heavy atom. The predicted molar refractivity (Wildman–Crippen MR) is 124 cm³/mol. The molecule has 0 spiro atoms. The molecule has 2 aromatic heterocycles. The van der Waals surface area contributed by atoms with Gasteiger partial charge in [-0.25, -0.2) is 9.50 Å². The lowest BCUT2D eigenvalue weighted by Gasteiger charge is -2.28. The van der Waals surface area contributed by atoms with Crippen molar-refractivity contribution in [2.75, 3.05) is 50.7 Å². The number of benzene rings is 2. The second-order valence-electron chi connectivity index (χ2n) is 7.48. The molecular weight excluding hydrogens is 406 g/mol. The molecule has 0 atom stereocenters. The Morgan fingerprint density at radius 2 is 1.72 bits per heavy atom. The first-order valence-electron chi connectivity index (χ1n) is 10.5. The molecule has 1 aliphatic heterocycles. The molecule has 0 bridgehead atoms. The topological polar surface area (TPSA) is 73.2 Å². The fourth-order valence-corrected chi connectivity index (χ4v) is 3.87. The van der Waals surface area contributed by atoms with E-state index in [4.69, 9.17) is 19.2 Å². The largest absolute Gasteiger partial charge is 0.493 e. The molecule has 0 amide bonds. The molecule has 2 aromatic carbocycles. The van der Waals surface area contributed by atoms with Gasteiger partial charge in [0.05, 0.1) is 33.6 Å². The first-order chi connectivity index (χ1) is 15.7. The van der Waals surface area contributed by atoms with Crippen LogP contribution in [0.5, 0.6) is 11.5 Å². The molecule has 1 aliphatic rings. The van der Waals surface area contributed by atoms with Crippen molar-refractivity contribution in [1.29, 1.82) is 0 Å². The Bertz CT molecular complexity index is 1220. The molecule has 0 radical (unpaired) electrons. The minimum atomic E-state index is 0.666. The summed E-state index contributed by atoms with van der Waals surface area (Å²) in [7, 11) is 3.25. The van der Waals surface area contributed by atoms with Gasteiger partial charge in [0.1, 0.15) is 5.82 Å². The average Bonchev–Trinajstić information content (AvgIpc) is 3.28. The van der Waals surface area contributed by atoms with Gasteiger partial charge in [0, 0.05) is 36.2 Å². The molecule has 0 aliphatic carbocycles. The van der Waals surface area contributed by atoms with E-state index < -0.39 is 0 Å². The quantitative estimate of drug-likeness (QED) is 0.495. The summed E-state index contributed by atoms with van der Waals surface area (Å²) in [4.78, 5) is 7.14. The Labute approximate surface area is 186 Å². The van der Waals surface area contributed by atoms with Crippen molar-refractivity contribution in [3.63, 3.8) is 0 Å². The Balaban J connectivity index is 1.40. The SMILES string of the molecule is COc1ccc(-c2cnn3ccc(Nc4ccc(N5CCOCC5)cc4)nc23)cc1OC. The molecule has 4 aromatic rings. The minimum absolute atomic E-state index is 0.666. The van der Waals surface area contributed by atoms with Crippen LogP contribution in [0.2, 0.25) is 0 Å². The van der Waals surface area contributed by atoms with Gasteiger partial charge in [0.15, 0.2) is 17.1 Å². The number of hydrogen-bond donors (Lipinski definition) is 1. The minimum Gasteiger partial charge on any atom is -0.493 e. The highest BCUT2D eigenvalue weighted by molar-refractivity contribution is 5.79. The summed E-state index contributed by atoms with van der Waals surface area (Å²) in [6.07, 6.45) is 3.71. The fraction of sp³-hybridized carbons (Fsp3) is 0.250. The van der Waals surface area contributed by atoms with Crippen molar-refractivity contribution in [2.24, 2.45) is 0 Å². The number of rotatable bonds is 6. The fourth-order valence-electron chi connectivity index (χ4n) is 3.87. The van der Waals surface area contributed by atoms with Crippen LogP contribution in [0, 0.1) is 0 Å². The predicted octanol–water partition coefficient (Wildman–Crippen LogP) is 3.99. The van der Waals surface area contributed by atoms with Crippen LogP contribution in [0.25, 0.3) is 16.8 Å². The maximum absolute atomic E-state index is 5.45. The van der Waals surface area contributed by atoms with E-state index in [0.29, 0.717) is 11.5 Å². The van der Waals surface area contributed by atoms with E-state index in [1.807, 2.05) is 36.7 Å². The van der Waals surface area contributed by atoms with Crippen molar-refractivity contribution in [3.05, 3.63) is 60.9 Å². The zero-order chi connectivity index (χ0) is 21.9. The number of aromatic nitrogens is 3. The number of fused-ring (bicyclic) bond motifs is 1. The smallest absolute Gasteiger partial charge is 0.165 e. The van der Waals surface area contributed by atoms with Crippen LogP contribution >= 0.6 is 0 Å². The summed E-state index contributed by atoms with van der Waals surface area (Å²) >= 11 is 0. The van der Waals surface area contributed by atoms with Crippen LogP contribution in [-0.4, -0.2) is 55.1 Å². The van der Waals surface area contributed by atoms with Gasteiger partial charge < -0.3 is 24.4 Å². The van der Waals surface area contributed by atoms with E-state index in [-0.39, 0.29) is 0 Å². The van der Waals surface area contributed by atoms with E-state index in [0.717, 1.165) is 54.6 Å². The van der Waals surface area contributed by atoms with Gasteiger partial charge in [0.2, 0.25) is 0 Å². The first-order valence-corrected chi connectivity index (χ1v) is 10.5. The summed E-state index contributed by atoms with van der Waals surface area (Å²) in [5, 5.41) is 7.84.